The molecule has 0 fully saturated rings. The molecule has 8 heteroatoms. The highest BCUT2D eigenvalue weighted by molar-refractivity contribution is 7.92. The van der Waals surface area contributed by atoms with Crippen LogP contribution < -0.4 is 10.0 Å². The summed E-state index contributed by atoms with van der Waals surface area (Å²) in [6.45, 7) is 3.95. The number of anilines is 2. The van der Waals surface area contributed by atoms with Crippen molar-refractivity contribution in [2.75, 3.05) is 10.0 Å². The fourth-order valence-electron chi connectivity index (χ4n) is 3.41. The van der Waals surface area contributed by atoms with Gasteiger partial charge in [0, 0.05) is 5.56 Å². The molecule has 0 aliphatic heterocycles. The molecule has 32 heavy (non-hydrogen) atoms. The van der Waals surface area contributed by atoms with Gasteiger partial charge in [-0.25, -0.2) is 13.4 Å². The van der Waals surface area contributed by atoms with Gasteiger partial charge in [-0.3, -0.25) is 14.8 Å². The van der Waals surface area contributed by atoms with Crippen molar-refractivity contribution in [2.24, 2.45) is 0 Å². The first-order chi connectivity index (χ1) is 15.4. The van der Waals surface area contributed by atoms with E-state index < -0.39 is 10.0 Å². The highest BCUT2D eigenvalue weighted by Gasteiger charge is 2.17. The quantitative estimate of drug-likeness (QED) is 0.371. The number of aryl methyl sites for hydroxylation is 2. The van der Waals surface area contributed by atoms with Crippen LogP contribution in [-0.4, -0.2) is 19.3 Å². The van der Waals surface area contributed by atoms with Crippen molar-refractivity contribution in [2.45, 2.75) is 31.6 Å². The van der Waals surface area contributed by atoms with Gasteiger partial charge in [0.1, 0.15) is 0 Å². The zero-order valence-electron chi connectivity index (χ0n) is 17.8. The van der Waals surface area contributed by atoms with E-state index in [4.69, 9.17) is 0 Å². The van der Waals surface area contributed by atoms with Crippen LogP contribution in [0.25, 0.3) is 10.2 Å². The fourth-order valence-corrected chi connectivity index (χ4v) is 5.42. The van der Waals surface area contributed by atoms with Gasteiger partial charge in [0.25, 0.3) is 15.9 Å². The highest BCUT2D eigenvalue weighted by atomic mass is 32.2. The van der Waals surface area contributed by atoms with E-state index in [-0.39, 0.29) is 10.8 Å². The molecule has 0 bridgehead atoms. The molecule has 0 aliphatic rings. The maximum atomic E-state index is 12.8. The predicted octanol–water partition coefficient (Wildman–Crippen LogP) is 5.61. The van der Waals surface area contributed by atoms with Gasteiger partial charge >= 0.3 is 0 Å². The van der Waals surface area contributed by atoms with Gasteiger partial charge < -0.3 is 0 Å². The van der Waals surface area contributed by atoms with Gasteiger partial charge in [-0.1, -0.05) is 55.0 Å². The number of sulfonamides is 1. The molecule has 6 nitrogen and oxygen atoms in total. The molecular weight excluding hydrogens is 442 g/mol. The number of hydrogen-bond donors (Lipinski definition) is 2. The monoisotopic (exact) mass is 465 g/mol. The van der Waals surface area contributed by atoms with Gasteiger partial charge in [0.2, 0.25) is 0 Å². The summed E-state index contributed by atoms with van der Waals surface area (Å²) in [7, 11) is -3.71. The van der Waals surface area contributed by atoms with Crippen LogP contribution in [-0.2, 0) is 16.4 Å². The van der Waals surface area contributed by atoms with Gasteiger partial charge in [0.05, 0.1) is 20.8 Å². The lowest BCUT2D eigenvalue weighted by molar-refractivity contribution is 0.102. The van der Waals surface area contributed by atoms with Crippen molar-refractivity contribution < 1.29 is 13.2 Å². The first-order valence-electron chi connectivity index (χ1n) is 10.2. The second kappa shape index (κ2) is 9.10. The van der Waals surface area contributed by atoms with Crippen molar-refractivity contribution in [3.05, 3.63) is 83.4 Å². The van der Waals surface area contributed by atoms with Crippen LogP contribution in [0.1, 0.15) is 34.8 Å². The molecule has 0 atom stereocenters. The zero-order chi connectivity index (χ0) is 22.7. The van der Waals surface area contributed by atoms with Crippen LogP contribution in [0.3, 0.4) is 0 Å². The Labute approximate surface area is 191 Å². The predicted molar refractivity (Wildman–Crippen MR) is 130 cm³/mol. The number of amides is 1. The number of nitrogens with zero attached hydrogens (tertiary/aromatic N) is 1. The third kappa shape index (κ3) is 4.81. The molecule has 4 rings (SSSR count). The number of benzene rings is 3. The van der Waals surface area contributed by atoms with E-state index >= 15 is 0 Å². The first kappa shape index (κ1) is 22.0. The number of thiazole rings is 1. The van der Waals surface area contributed by atoms with E-state index in [1.807, 2.05) is 25.1 Å². The summed E-state index contributed by atoms with van der Waals surface area (Å²) in [6, 6.07) is 19.3. The fraction of sp³-hybridized carbons (Fsp3) is 0.167. The van der Waals surface area contributed by atoms with Crippen molar-refractivity contribution in [1.82, 2.24) is 4.98 Å². The lowest BCUT2D eigenvalue weighted by Crippen LogP contribution is -2.13. The molecule has 0 radical (unpaired) electrons. The molecule has 4 aromatic rings. The lowest BCUT2D eigenvalue weighted by Gasteiger charge is -2.10. The maximum Gasteiger partial charge on any atom is 0.261 e. The van der Waals surface area contributed by atoms with Crippen molar-refractivity contribution in [3.8, 4) is 0 Å². The Morgan fingerprint density at radius 1 is 1.03 bits per heavy atom. The second-order valence-electron chi connectivity index (χ2n) is 7.48. The Bertz CT molecular complexity index is 1360. The molecule has 0 saturated heterocycles. The number of hydrogen-bond acceptors (Lipinski definition) is 5. The Balaban J connectivity index is 1.57. The van der Waals surface area contributed by atoms with Crippen LogP contribution in [0, 0.1) is 6.92 Å². The Hall–Kier alpha value is -3.23. The number of carbonyl (C=O) groups excluding carboxylic acids is 1. The van der Waals surface area contributed by atoms with E-state index in [9.17, 15) is 13.2 Å². The minimum Gasteiger partial charge on any atom is -0.298 e. The average Bonchev–Trinajstić information content (AvgIpc) is 3.17. The summed E-state index contributed by atoms with van der Waals surface area (Å²) >= 11 is 1.30. The Morgan fingerprint density at radius 2 is 1.75 bits per heavy atom. The van der Waals surface area contributed by atoms with Crippen LogP contribution in [0.4, 0.5) is 10.8 Å². The Kier molecular flexibility index (Phi) is 6.25. The van der Waals surface area contributed by atoms with Crippen molar-refractivity contribution >= 4 is 48.3 Å². The number of carbonyl (C=O) groups is 1. The minimum atomic E-state index is -3.71. The molecule has 1 heterocycles. The van der Waals surface area contributed by atoms with Gasteiger partial charge in [-0.15, -0.1) is 0 Å². The molecular formula is C24H23N3O3S2. The Morgan fingerprint density at radius 3 is 2.44 bits per heavy atom. The summed E-state index contributed by atoms with van der Waals surface area (Å²) in [5.74, 6) is -0.241. The zero-order valence-corrected chi connectivity index (χ0v) is 19.4. The number of rotatable bonds is 7. The topological polar surface area (TPSA) is 88.2 Å². The van der Waals surface area contributed by atoms with Crippen LogP contribution in [0.15, 0.2) is 71.6 Å². The largest absolute Gasteiger partial charge is 0.298 e. The van der Waals surface area contributed by atoms with Gasteiger partial charge in [-0.05, 0) is 60.9 Å². The summed E-state index contributed by atoms with van der Waals surface area (Å²) in [5, 5.41) is 3.28. The first-order valence-corrected chi connectivity index (χ1v) is 12.5. The van der Waals surface area contributed by atoms with E-state index in [1.54, 1.807) is 48.5 Å². The lowest BCUT2D eigenvalue weighted by atomic mass is 10.1. The summed E-state index contributed by atoms with van der Waals surface area (Å²) in [4.78, 5) is 17.1. The standard InChI is InChI=1S/C24H23N3O3S2/c1-3-7-17-10-12-20(13-11-17)32(29,30)27-19-14-16(2)22-21(15-19)31-24(25-22)26-23(28)18-8-5-4-6-9-18/h4-6,8-15,27H,3,7H2,1-2H3,(H,25,26,28). The smallest absolute Gasteiger partial charge is 0.261 e. The average molecular weight is 466 g/mol. The number of aromatic nitrogens is 1. The molecule has 0 unspecified atom stereocenters. The van der Waals surface area contributed by atoms with E-state index in [0.29, 0.717) is 16.4 Å². The highest BCUT2D eigenvalue weighted by Crippen LogP contribution is 2.32. The summed E-state index contributed by atoms with van der Waals surface area (Å²) in [6.07, 6.45) is 1.92. The molecule has 0 saturated carbocycles. The molecule has 2 N–H and O–H groups in total. The van der Waals surface area contributed by atoms with Crippen LogP contribution >= 0.6 is 11.3 Å². The molecule has 0 spiro atoms. The molecule has 164 valence electrons. The summed E-state index contributed by atoms with van der Waals surface area (Å²) in [5.41, 5.74) is 3.65. The van der Waals surface area contributed by atoms with Crippen LogP contribution in [0.5, 0.6) is 0 Å². The van der Waals surface area contributed by atoms with E-state index in [2.05, 4.69) is 21.9 Å². The summed E-state index contributed by atoms with van der Waals surface area (Å²) < 4.78 is 29.1. The maximum absolute atomic E-state index is 12.8. The third-order valence-electron chi connectivity index (χ3n) is 4.97. The second-order valence-corrected chi connectivity index (χ2v) is 10.2. The molecule has 3 aromatic carbocycles. The van der Waals surface area contributed by atoms with E-state index in [1.165, 1.54) is 11.3 Å². The normalized spacial score (nSPS) is 11.4. The molecule has 0 aliphatic carbocycles. The van der Waals surface area contributed by atoms with Crippen molar-refractivity contribution in [1.29, 1.82) is 0 Å². The SMILES string of the molecule is CCCc1ccc(S(=O)(=O)Nc2cc(C)c3nc(NC(=O)c4ccccc4)sc3c2)cc1. The van der Waals surface area contributed by atoms with Gasteiger partial charge in [-0.2, -0.15) is 0 Å². The van der Waals surface area contributed by atoms with E-state index in [0.717, 1.165) is 34.2 Å². The molecule has 1 amide bonds. The van der Waals surface area contributed by atoms with Gasteiger partial charge in [0.15, 0.2) is 5.13 Å². The number of nitrogens with one attached hydrogen (secondary N) is 2. The third-order valence-corrected chi connectivity index (χ3v) is 7.28. The van der Waals surface area contributed by atoms with Crippen molar-refractivity contribution in [3.63, 3.8) is 0 Å². The van der Waals surface area contributed by atoms with Crippen LogP contribution in [0.2, 0.25) is 0 Å². The minimum absolute atomic E-state index is 0.218. The number of fused-ring (bicyclic) bond motifs is 1. The molecule has 1 aromatic heterocycles.